The zero-order valence-corrected chi connectivity index (χ0v) is 12.1. The van der Waals surface area contributed by atoms with Gasteiger partial charge in [-0.2, -0.15) is 14.7 Å². The number of rotatable bonds is 3. The summed E-state index contributed by atoms with van der Waals surface area (Å²) in [4.78, 5) is 26.9. The van der Waals surface area contributed by atoms with Crippen molar-refractivity contribution in [1.82, 2.24) is 0 Å². The molecule has 8 nitrogen and oxygen atoms in total. The summed E-state index contributed by atoms with van der Waals surface area (Å²) < 4.78 is 10.3. The number of hydrogen-bond acceptors (Lipinski definition) is 8. The van der Waals surface area contributed by atoms with Gasteiger partial charge < -0.3 is 20.7 Å². The highest BCUT2D eigenvalue weighted by Crippen LogP contribution is 2.50. The molecule has 0 aromatic carbocycles. The van der Waals surface area contributed by atoms with Gasteiger partial charge in [-0.15, -0.1) is 4.52 Å². The Morgan fingerprint density at radius 2 is 1.85 bits per heavy atom. The van der Waals surface area contributed by atoms with Gasteiger partial charge in [0.25, 0.3) is 0 Å². The molecule has 0 spiro atoms. The second-order valence-corrected chi connectivity index (χ2v) is 6.92. The fourth-order valence-electron chi connectivity index (χ4n) is 3.12. The van der Waals surface area contributed by atoms with Gasteiger partial charge in [0.05, 0.1) is 18.3 Å². The van der Waals surface area contributed by atoms with Gasteiger partial charge in [0.2, 0.25) is 0 Å². The molecule has 7 N–H and O–H groups in total. The minimum atomic E-state index is -4.45. The lowest BCUT2D eigenvalue weighted by Gasteiger charge is -2.35. The predicted molar refractivity (Wildman–Crippen MR) is 70.1 cm³/mol. The van der Waals surface area contributed by atoms with Crippen molar-refractivity contribution in [2.75, 3.05) is 0 Å². The maximum Gasteiger partial charge on any atom is 0.567 e. The van der Waals surface area contributed by atoms with Gasteiger partial charge in [0, 0.05) is 12.0 Å². The Bertz CT molecular complexity index is 339. The summed E-state index contributed by atoms with van der Waals surface area (Å²) in [5, 5.41) is 20.3. The first-order chi connectivity index (χ1) is 9.19. The molecule has 7 unspecified atom stereocenters. The van der Waals surface area contributed by atoms with Crippen molar-refractivity contribution >= 4 is 8.17 Å². The summed E-state index contributed by atoms with van der Waals surface area (Å²) in [7, 11) is -4.45. The third kappa shape index (κ3) is 3.65. The van der Waals surface area contributed by atoms with E-state index in [1.165, 1.54) is 0 Å². The van der Waals surface area contributed by atoms with Crippen LogP contribution in [0, 0.1) is 5.92 Å². The van der Waals surface area contributed by atoms with E-state index in [9.17, 15) is 10.2 Å². The van der Waals surface area contributed by atoms with Crippen molar-refractivity contribution in [3.63, 3.8) is 0 Å². The van der Waals surface area contributed by atoms with Crippen molar-refractivity contribution in [3.8, 4) is 0 Å². The molecular formula is C11H23NO7P+. The minimum Gasteiger partial charge on any atom is -0.393 e. The molecule has 0 amide bonds. The number of aliphatic hydroxyl groups excluding tert-OH is 2. The molecule has 9 heteroatoms. The maximum absolute atomic E-state index is 10.2. The molecule has 0 aromatic heterocycles. The molecule has 1 aliphatic carbocycles. The Labute approximate surface area is 117 Å². The van der Waals surface area contributed by atoms with Crippen molar-refractivity contribution in [2.45, 2.75) is 62.7 Å². The van der Waals surface area contributed by atoms with Crippen LogP contribution in [0.5, 0.6) is 0 Å². The molecule has 0 radical (unpaired) electrons. The quantitative estimate of drug-likeness (QED) is 0.351. The largest absolute Gasteiger partial charge is 0.567 e. The molecule has 1 aliphatic heterocycles. The van der Waals surface area contributed by atoms with Crippen LogP contribution in [0.1, 0.15) is 26.2 Å². The molecule has 2 aliphatic rings. The Morgan fingerprint density at radius 3 is 2.40 bits per heavy atom. The second kappa shape index (κ2) is 6.08. The van der Waals surface area contributed by atoms with E-state index in [4.69, 9.17) is 29.7 Å². The highest BCUT2D eigenvalue weighted by atomic mass is 31.2. The fraction of sp³-hybridized carbons (Fsp3) is 1.00. The lowest BCUT2D eigenvalue weighted by Crippen LogP contribution is -2.46. The highest BCUT2D eigenvalue weighted by Gasteiger charge is 2.53. The van der Waals surface area contributed by atoms with Gasteiger partial charge >= 0.3 is 8.17 Å². The molecule has 0 aromatic rings. The van der Waals surface area contributed by atoms with E-state index in [0.717, 1.165) is 6.42 Å². The summed E-state index contributed by atoms with van der Waals surface area (Å²) in [6.07, 6.45) is -2.39. The van der Waals surface area contributed by atoms with E-state index in [-0.39, 0.29) is 12.0 Å². The molecule has 2 fully saturated rings. The summed E-state index contributed by atoms with van der Waals surface area (Å²) >= 11 is 0. The topological polar surface area (TPSA) is 146 Å². The minimum absolute atomic E-state index is 0.0600. The summed E-state index contributed by atoms with van der Waals surface area (Å²) in [5.74, 6) is -0.287. The van der Waals surface area contributed by atoms with Crippen molar-refractivity contribution < 1.29 is 34.2 Å². The third-order valence-corrected chi connectivity index (χ3v) is 4.63. The molecule has 1 heterocycles. The average Bonchev–Trinajstić information content (AvgIpc) is 2.55. The zero-order chi connectivity index (χ0) is 15.1. The molecular weight excluding hydrogens is 289 g/mol. The second-order valence-electron chi connectivity index (χ2n) is 5.68. The lowest BCUT2D eigenvalue weighted by molar-refractivity contribution is -0.0761. The molecule has 2 rings (SSSR count). The van der Waals surface area contributed by atoms with Gasteiger partial charge in [0.1, 0.15) is 6.10 Å². The Kier molecular flexibility index (Phi) is 5.01. The van der Waals surface area contributed by atoms with Crippen LogP contribution < -0.4 is 5.73 Å². The van der Waals surface area contributed by atoms with Gasteiger partial charge in [-0.05, 0) is 26.2 Å². The molecule has 20 heavy (non-hydrogen) atoms. The van der Waals surface area contributed by atoms with Crippen LogP contribution >= 0.6 is 8.17 Å². The number of nitrogens with two attached hydrogens (primary N) is 1. The third-order valence-electron chi connectivity index (χ3n) is 4.10. The average molecular weight is 312 g/mol. The monoisotopic (exact) mass is 312 g/mol. The Hall–Kier alpha value is 0.110. The smallest absolute Gasteiger partial charge is 0.393 e. The van der Waals surface area contributed by atoms with E-state index in [1.807, 2.05) is 0 Å². The maximum atomic E-state index is 10.2. The van der Waals surface area contributed by atoms with Gasteiger partial charge in [-0.25, -0.2) is 0 Å². The van der Waals surface area contributed by atoms with E-state index in [0.29, 0.717) is 12.8 Å². The molecule has 0 bridgehead atoms. The van der Waals surface area contributed by atoms with Crippen LogP contribution in [0.15, 0.2) is 0 Å². The first-order valence-electron chi connectivity index (χ1n) is 6.72. The van der Waals surface area contributed by atoms with Crippen LogP contribution in [0.25, 0.3) is 0 Å². The first kappa shape index (κ1) is 16.5. The van der Waals surface area contributed by atoms with Crippen molar-refractivity contribution in [1.29, 1.82) is 0 Å². The lowest BCUT2D eigenvalue weighted by atomic mass is 9.79. The fourth-order valence-corrected chi connectivity index (χ4v) is 3.74. The van der Waals surface area contributed by atoms with Crippen LogP contribution in [0.3, 0.4) is 0 Å². The van der Waals surface area contributed by atoms with Gasteiger partial charge in [-0.1, -0.05) is 0 Å². The van der Waals surface area contributed by atoms with Crippen LogP contribution in [-0.2, 0) is 9.26 Å². The van der Waals surface area contributed by atoms with E-state index < -0.39 is 38.7 Å². The summed E-state index contributed by atoms with van der Waals surface area (Å²) in [6.45, 7) is 1.60. The van der Waals surface area contributed by atoms with Crippen molar-refractivity contribution in [3.05, 3.63) is 0 Å². The standard InChI is InChI=1S/C11H23NO7P/c1-5-10(19-20(15,16)17)9(14)11(18-5)7-3-2-6(12)4-8(7)13/h5-11,13-17H,2-4,12H2,1H3/q+1. The normalized spacial score (nSPS) is 46.6. The molecule has 118 valence electrons. The zero-order valence-electron chi connectivity index (χ0n) is 11.2. The number of aliphatic hydroxyl groups is 2. The molecule has 1 saturated heterocycles. The SMILES string of the molecule is CC1OC(C2CCC(N)CC2O)C(O)C1O[P+](O)(O)O. The predicted octanol–water partition coefficient (Wildman–Crippen LogP) is -1.34. The van der Waals surface area contributed by atoms with Crippen LogP contribution in [0.2, 0.25) is 0 Å². The summed E-state index contributed by atoms with van der Waals surface area (Å²) in [6, 6.07) is -0.0600. The van der Waals surface area contributed by atoms with Gasteiger partial charge in [0.15, 0.2) is 6.10 Å². The van der Waals surface area contributed by atoms with Crippen LogP contribution in [0.4, 0.5) is 0 Å². The molecule has 1 saturated carbocycles. The Balaban J connectivity index is 2.04. The van der Waals surface area contributed by atoms with Crippen molar-refractivity contribution in [2.24, 2.45) is 11.7 Å². The number of ether oxygens (including phenoxy) is 1. The van der Waals surface area contributed by atoms with Crippen LogP contribution in [-0.4, -0.2) is 61.5 Å². The molecule has 7 atom stereocenters. The van der Waals surface area contributed by atoms with E-state index in [1.54, 1.807) is 6.92 Å². The highest BCUT2D eigenvalue weighted by molar-refractivity contribution is 7.53. The number of hydrogen-bond donors (Lipinski definition) is 6. The van der Waals surface area contributed by atoms with Gasteiger partial charge in [-0.3, -0.25) is 0 Å². The summed E-state index contributed by atoms with van der Waals surface area (Å²) in [5.41, 5.74) is 5.78. The first-order valence-corrected chi connectivity index (χ1v) is 8.28. The Morgan fingerprint density at radius 1 is 1.20 bits per heavy atom. The van der Waals surface area contributed by atoms with E-state index >= 15 is 0 Å². The van der Waals surface area contributed by atoms with E-state index in [2.05, 4.69) is 0 Å².